The summed E-state index contributed by atoms with van der Waals surface area (Å²) in [7, 11) is 0. The molecule has 0 aromatic carbocycles. The first-order valence-corrected chi connectivity index (χ1v) is 4.43. The van der Waals surface area contributed by atoms with E-state index in [1.54, 1.807) is 0 Å². The maximum absolute atomic E-state index is 13.2. The summed E-state index contributed by atoms with van der Waals surface area (Å²) in [5, 5.41) is 9.28. The lowest BCUT2D eigenvalue weighted by molar-refractivity contribution is 0.0318. The highest BCUT2D eigenvalue weighted by Gasteiger charge is 2.31. The van der Waals surface area contributed by atoms with Gasteiger partial charge in [-0.25, -0.2) is 4.39 Å². The van der Waals surface area contributed by atoms with Gasteiger partial charge in [-0.05, 0) is 31.1 Å². The number of hydrogen-bond donors (Lipinski definition) is 1. The molecule has 1 fully saturated rings. The molecule has 0 aliphatic heterocycles. The molecule has 1 nitrogen and oxygen atoms in total. The molecule has 1 saturated carbocycles. The molecule has 1 aliphatic carbocycles. The van der Waals surface area contributed by atoms with E-state index < -0.39 is 6.17 Å². The molecule has 0 saturated heterocycles. The fourth-order valence-corrected chi connectivity index (χ4v) is 1.84. The predicted molar refractivity (Wildman–Crippen MR) is 43.1 cm³/mol. The van der Waals surface area contributed by atoms with E-state index in [2.05, 4.69) is 0 Å². The first-order valence-electron chi connectivity index (χ1n) is 4.43. The molecule has 0 heterocycles. The van der Waals surface area contributed by atoms with Gasteiger partial charge in [-0.2, -0.15) is 0 Å². The molecule has 0 radical (unpaired) electrons. The van der Waals surface area contributed by atoms with E-state index in [0.29, 0.717) is 25.2 Å². The van der Waals surface area contributed by atoms with E-state index in [4.69, 9.17) is 0 Å². The van der Waals surface area contributed by atoms with Crippen LogP contribution in [-0.4, -0.2) is 17.4 Å². The van der Waals surface area contributed by atoms with E-state index >= 15 is 0 Å². The Kier molecular flexibility index (Phi) is 2.88. The van der Waals surface area contributed by atoms with Gasteiger partial charge in [0.2, 0.25) is 0 Å². The number of aliphatic hydroxyl groups is 1. The van der Waals surface area contributed by atoms with Crippen molar-refractivity contribution in [1.82, 2.24) is 0 Å². The molecule has 1 rings (SSSR count). The minimum Gasteiger partial charge on any atom is -0.393 e. The van der Waals surface area contributed by atoms with Crippen LogP contribution in [-0.2, 0) is 0 Å². The molecule has 1 aliphatic rings. The summed E-state index contributed by atoms with van der Waals surface area (Å²) in [6.07, 6.45) is 0.903. The van der Waals surface area contributed by atoms with E-state index in [1.165, 1.54) is 0 Å². The zero-order valence-electron chi connectivity index (χ0n) is 7.26. The first kappa shape index (κ1) is 8.98. The van der Waals surface area contributed by atoms with Crippen LogP contribution in [0, 0.1) is 11.8 Å². The zero-order valence-corrected chi connectivity index (χ0v) is 7.26. The summed E-state index contributed by atoms with van der Waals surface area (Å²) in [6.45, 7) is 4.05. The smallest absolute Gasteiger partial charge is 0.103 e. The highest BCUT2D eigenvalue weighted by Crippen LogP contribution is 2.32. The molecule has 0 bridgehead atoms. The second-order valence-electron chi connectivity index (χ2n) is 3.89. The van der Waals surface area contributed by atoms with Crippen molar-refractivity contribution >= 4 is 0 Å². The molecule has 0 amide bonds. The summed E-state index contributed by atoms with van der Waals surface area (Å²) in [4.78, 5) is 0. The Labute approximate surface area is 67.6 Å². The van der Waals surface area contributed by atoms with Crippen molar-refractivity contribution in [2.24, 2.45) is 11.8 Å². The number of rotatable bonds is 1. The monoisotopic (exact) mass is 160 g/mol. The van der Waals surface area contributed by atoms with Gasteiger partial charge in [0.15, 0.2) is 0 Å². The van der Waals surface area contributed by atoms with Crippen LogP contribution >= 0.6 is 0 Å². The minimum atomic E-state index is -0.682. The van der Waals surface area contributed by atoms with E-state index in [-0.39, 0.29) is 12.0 Å². The fourth-order valence-electron chi connectivity index (χ4n) is 1.84. The van der Waals surface area contributed by atoms with Crippen LogP contribution in [0.25, 0.3) is 0 Å². The second kappa shape index (κ2) is 3.53. The number of alkyl halides is 1. The van der Waals surface area contributed by atoms with Gasteiger partial charge in [0.1, 0.15) is 6.17 Å². The molecule has 1 N–H and O–H groups in total. The van der Waals surface area contributed by atoms with Crippen LogP contribution in [0.15, 0.2) is 0 Å². The van der Waals surface area contributed by atoms with E-state index in [1.807, 2.05) is 13.8 Å². The Balaban J connectivity index is 2.47. The van der Waals surface area contributed by atoms with Crippen molar-refractivity contribution in [2.75, 3.05) is 0 Å². The summed E-state index contributed by atoms with van der Waals surface area (Å²) in [6, 6.07) is 0. The lowest BCUT2D eigenvalue weighted by Gasteiger charge is -2.31. The van der Waals surface area contributed by atoms with Crippen molar-refractivity contribution in [3.05, 3.63) is 0 Å². The fraction of sp³-hybridized carbons (Fsp3) is 1.00. The molecule has 0 spiro atoms. The summed E-state index contributed by atoms with van der Waals surface area (Å²) in [5.41, 5.74) is 0. The minimum absolute atomic E-state index is 0.0822. The zero-order chi connectivity index (χ0) is 8.43. The molecule has 11 heavy (non-hydrogen) atoms. The number of halogens is 1. The van der Waals surface area contributed by atoms with Gasteiger partial charge >= 0.3 is 0 Å². The standard InChI is InChI=1S/C9H17FO/c1-6(2)8-5-7(11)3-4-9(8)10/h6-9,11H,3-5H2,1-2H3/t7-,8-,9+/m1/s1. The Morgan fingerprint density at radius 3 is 2.45 bits per heavy atom. The Hall–Kier alpha value is -0.110. The van der Waals surface area contributed by atoms with Crippen LogP contribution in [0.5, 0.6) is 0 Å². The van der Waals surface area contributed by atoms with Crippen molar-refractivity contribution in [2.45, 2.75) is 45.4 Å². The Bertz CT molecular complexity index is 125. The van der Waals surface area contributed by atoms with Crippen molar-refractivity contribution in [3.8, 4) is 0 Å². The van der Waals surface area contributed by atoms with Crippen LogP contribution in [0.3, 0.4) is 0 Å². The van der Waals surface area contributed by atoms with E-state index in [9.17, 15) is 9.50 Å². The van der Waals surface area contributed by atoms with Gasteiger partial charge < -0.3 is 5.11 Å². The third-order valence-electron chi connectivity index (χ3n) is 2.64. The van der Waals surface area contributed by atoms with Crippen LogP contribution < -0.4 is 0 Å². The average molecular weight is 160 g/mol. The molecular formula is C9H17FO. The number of aliphatic hydroxyl groups excluding tert-OH is 1. The molecule has 0 aromatic heterocycles. The van der Waals surface area contributed by atoms with E-state index in [0.717, 1.165) is 0 Å². The molecule has 0 unspecified atom stereocenters. The quantitative estimate of drug-likeness (QED) is 0.623. The maximum atomic E-state index is 13.2. The van der Waals surface area contributed by atoms with Gasteiger partial charge in [0.25, 0.3) is 0 Å². The lowest BCUT2D eigenvalue weighted by Crippen LogP contribution is -2.32. The van der Waals surface area contributed by atoms with Gasteiger partial charge in [0.05, 0.1) is 6.10 Å². The number of hydrogen-bond acceptors (Lipinski definition) is 1. The first-order chi connectivity index (χ1) is 5.11. The SMILES string of the molecule is CC(C)[C@H]1C[C@H](O)CC[C@@H]1F. The third kappa shape index (κ3) is 2.16. The maximum Gasteiger partial charge on any atom is 0.103 e. The lowest BCUT2D eigenvalue weighted by atomic mass is 9.79. The predicted octanol–water partition coefficient (Wildman–Crippen LogP) is 2.14. The third-order valence-corrected chi connectivity index (χ3v) is 2.64. The summed E-state index contributed by atoms with van der Waals surface area (Å²) >= 11 is 0. The van der Waals surface area contributed by atoms with Crippen molar-refractivity contribution < 1.29 is 9.50 Å². The van der Waals surface area contributed by atoms with Gasteiger partial charge in [0, 0.05) is 0 Å². The molecular weight excluding hydrogens is 143 g/mol. The molecule has 66 valence electrons. The van der Waals surface area contributed by atoms with Gasteiger partial charge in [-0.15, -0.1) is 0 Å². The normalized spacial score (nSPS) is 39.5. The molecule has 0 aromatic rings. The van der Waals surface area contributed by atoms with Crippen molar-refractivity contribution in [3.63, 3.8) is 0 Å². The summed E-state index contributed by atoms with van der Waals surface area (Å²) < 4.78 is 13.2. The van der Waals surface area contributed by atoms with Crippen LogP contribution in [0.1, 0.15) is 33.1 Å². The average Bonchev–Trinajstić information content (AvgIpc) is 1.94. The topological polar surface area (TPSA) is 20.2 Å². The second-order valence-corrected chi connectivity index (χ2v) is 3.89. The Morgan fingerprint density at radius 1 is 1.36 bits per heavy atom. The van der Waals surface area contributed by atoms with Crippen LogP contribution in [0.4, 0.5) is 4.39 Å². The largest absolute Gasteiger partial charge is 0.393 e. The van der Waals surface area contributed by atoms with Crippen LogP contribution in [0.2, 0.25) is 0 Å². The highest BCUT2D eigenvalue weighted by molar-refractivity contribution is 4.81. The molecule has 3 atom stereocenters. The Morgan fingerprint density at radius 2 is 2.00 bits per heavy atom. The van der Waals surface area contributed by atoms with Gasteiger partial charge in [-0.1, -0.05) is 13.8 Å². The summed E-state index contributed by atoms with van der Waals surface area (Å²) in [5.74, 6) is 0.443. The van der Waals surface area contributed by atoms with Crippen molar-refractivity contribution in [1.29, 1.82) is 0 Å². The molecule has 2 heteroatoms. The van der Waals surface area contributed by atoms with Gasteiger partial charge in [-0.3, -0.25) is 0 Å². The highest BCUT2D eigenvalue weighted by atomic mass is 19.1.